The SMILES string of the molecule is O=[C]CNC(=O)c1ccc(F)c(F)c1. The Morgan fingerprint density at radius 3 is 2.64 bits per heavy atom. The van der Waals surface area contributed by atoms with Crippen LogP contribution in [0.5, 0.6) is 0 Å². The van der Waals surface area contributed by atoms with Crippen LogP contribution in [-0.2, 0) is 4.79 Å². The van der Waals surface area contributed by atoms with Crippen molar-refractivity contribution in [2.45, 2.75) is 0 Å². The third-order valence-electron chi connectivity index (χ3n) is 1.50. The van der Waals surface area contributed by atoms with E-state index in [1.807, 2.05) is 0 Å². The molecule has 0 aromatic heterocycles. The summed E-state index contributed by atoms with van der Waals surface area (Å²) in [7, 11) is 0. The molecule has 1 amide bonds. The van der Waals surface area contributed by atoms with Gasteiger partial charge in [0.15, 0.2) is 11.6 Å². The summed E-state index contributed by atoms with van der Waals surface area (Å²) in [4.78, 5) is 20.9. The zero-order valence-corrected chi connectivity index (χ0v) is 7.01. The van der Waals surface area contributed by atoms with Crippen molar-refractivity contribution in [3.05, 3.63) is 35.4 Å². The van der Waals surface area contributed by atoms with Crippen LogP contribution in [0.2, 0.25) is 0 Å². The smallest absolute Gasteiger partial charge is 0.251 e. The standard InChI is InChI=1S/C9H6F2NO2/c10-7-2-1-6(5-8(7)11)9(14)12-3-4-13/h1-2,5H,3H2,(H,12,14). The molecule has 3 nitrogen and oxygen atoms in total. The molecular formula is C9H6F2NO2. The van der Waals surface area contributed by atoms with Gasteiger partial charge in [0.05, 0.1) is 6.54 Å². The molecule has 0 fully saturated rings. The summed E-state index contributed by atoms with van der Waals surface area (Å²) in [6.45, 7) is -0.280. The van der Waals surface area contributed by atoms with Gasteiger partial charge in [-0.3, -0.25) is 9.59 Å². The lowest BCUT2D eigenvalue weighted by molar-refractivity contribution is 0.0958. The van der Waals surface area contributed by atoms with Crippen LogP contribution in [0.3, 0.4) is 0 Å². The van der Waals surface area contributed by atoms with Crippen LogP contribution in [0.15, 0.2) is 18.2 Å². The number of carbonyl (C=O) groups excluding carboxylic acids is 2. The Kier molecular flexibility index (Phi) is 3.28. The average molecular weight is 198 g/mol. The van der Waals surface area contributed by atoms with Gasteiger partial charge >= 0.3 is 0 Å². The molecule has 0 aliphatic rings. The Labute approximate surface area is 78.7 Å². The molecular weight excluding hydrogens is 192 g/mol. The van der Waals surface area contributed by atoms with E-state index in [2.05, 4.69) is 5.32 Å². The normalized spacial score (nSPS) is 9.57. The second-order valence-electron chi connectivity index (χ2n) is 2.46. The number of benzene rings is 1. The van der Waals surface area contributed by atoms with Gasteiger partial charge in [-0.05, 0) is 18.2 Å². The maximum atomic E-state index is 12.6. The molecule has 0 aliphatic carbocycles. The molecule has 0 spiro atoms. The molecule has 1 rings (SSSR count). The summed E-state index contributed by atoms with van der Waals surface area (Å²) in [5.74, 6) is -2.77. The van der Waals surface area contributed by atoms with Crippen molar-refractivity contribution in [3.8, 4) is 0 Å². The topological polar surface area (TPSA) is 46.2 Å². The first kappa shape index (κ1) is 10.3. The maximum Gasteiger partial charge on any atom is 0.251 e. The lowest BCUT2D eigenvalue weighted by Crippen LogP contribution is -2.25. The molecule has 1 aromatic rings. The Hall–Kier alpha value is -1.78. The predicted octanol–water partition coefficient (Wildman–Crippen LogP) is 0.804. The van der Waals surface area contributed by atoms with Crippen molar-refractivity contribution in [2.24, 2.45) is 0 Å². The van der Waals surface area contributed by atoms with Crippen molar-refractivity contribution >= 4 is 12.2 Å². The highest BCUT2D eigenvalue weighted by molar-refractivity contribution is 5.95. The van der Waals surface area contributed by atoms with Crippen LogP contribution < -0.4 is 5.32 Å². The van der Waals surface area contributed by atoms with Crippen molar-refractivity contribution in [2.75, 3.05) is 6.54 Å². The Morgan fingerprint density at radius 1 is 1.36 bits per heavy atom. The molecule has 0 saturated heterocycles. The molecule has 0 heterocycles. The average Bonchev–Trinajstić information content (AvgIpc) is 2.18. The van der Waals surface area contributed by atoms with Gasteiger partial charge < -0.3 is 5.32 Å². The number of rotatable bonds is 3. The fraction of sp³-hybridized carbons (Fsp3) is 0.111. The fourth-order valence-electron chi connectivity index (χ4n) is 0.856. The van der Waals surface area contributed by atoms with Gasteiger partial charge in [-0.1, -0.05) is 0 Å². The van der Waals surface area contributed by atoms with E-state index in [9.17, 15) is 18.4 Å². The first-order chi connectivity index (χ1) is 6.65. The van der Waals surface area contributed by atoms with Gasteiger partial charge in [0.1, 0.15) is 0 Å². The van der Waals surface area contributed by atoms with Gasteiger partial charge in [0, 0.05) is 5.56 Å². The highest BCUT2D eigenvalue weighted by Crippen LogP contribution is 2.08. The van der Waals surface area contributed by atoms with Crippen LogP contribution >= 0.6 is 0 Å². The molecule has 0 atom stereocenters. The monoisotopic (exact) mass is 198 g/mol. The Bertz CT molecular complexity index is 366. The number of amides is 1. The predicted molar refractivity (Wildman–Crippen MR) is 44.4 cm³/mol. The van der Waals surface area contributed by atoms with Crippen LogP contribution in [0, 0.1) is 11.6 Å². The second-order valence-corrected chi connectivity index (χ2v) is 2.46. The van der Waals surface area contributed by atoms with Crippen LogP contribution in [-0.4, -0.2) is 18.7 Å². The Balaban J connectivity index is 2.80. The van der Waals surface area contributed by atoms with Crippen molar-refractivity contribution in [1.29, 1.82) is 0 Å². The molecule has 0 saturated carbocycles. The number of nitrogens with one attached hydrogen (secondary N) is 1. The van der Waals surface area contributed by atoms with Gasteiger partial charge in [-0.15, -0.1) is 0 Å². The zero-order chi connectivity index (χ0) is 10.6. The summed E-state index contributed by atoms with van der Waals surface area (Å²) in [5, 5.41) is 2.14. The van der Waals surface area contributed by atoms with Crippen LogP contribution in [0.25, 0.3) is 0 Å². The van der Waals surface area contributed by atoms with Gasteiger partial charge in [0.2, 0.25) is 6.29 Å². The lowest BCUT2D eigenvalue weighted by atomic mass is 10.2. The fourth-order valence-corrected chi connectivity index (χ4v) is 0.856. The number of halogens is 2. The van der Waals surface area contributed by atoms with E-state index in [4.69, 9.17) is 0 Å². The summed E-state index contributed by atoms with van der Waals surface area (Å²) >= 11 is 0. The minimum Gasteiger partial charge on any atom is -0.344 e. The molecule has 73 valence electrons. The highest BCUT2D eigenvalue weighted by Gasteiger charge is 2.08. The van der Waals surface area contributed by atoms with E-state index in [0.717, 1.165) is 18.2 Å². The van der Waals surface area contributed by atoms with E-state index in [-0.39, 0.29) is 12.1 Å². The molecule has 0 unspecified atom stereocenters. The summed E-state index contributed by atoms with van der Waals surface area (Å²) < 4.78 is 25.1. The Morgan fingerprint density at radius 2 is 2.07 bits per heavy atom. The summed E-state index contributed by atoms with van der Waals surface area (Å²) in [6, 6.07) is 2.73. The van der Waals surface area contributed by atoms with Gasteiger partial charge in [-0.2, -0.15) is 0 Å². The highest BCUT2D eigenvalue weighted by atomic mass is 19.2. The van der Waals surface area contributed by atoms with Crippen molar-refractivity contribution < 1.29 is 18.4 Å². The number of carbonyl (C=O) groups is 1. The third-order valence-corrected chi connectivity index (χ3v) is 1.50. The summed E-state index contributed by atoms with van der Waals surface area (Å²) in [5.41, 5.74) is -0.0425. The number of hydrogen-bond acceptors (Lipinski definition) is 2. The molecule has 0 bridgehead atoms. The van der Waals surface area contributed by atoms with Crippen molar-refractivity contribution in [3.63, 3.8) is 0 Å². The van der Waals surface area contributed by atoms with E-state index in [1.54, 1.807) is 0 Å². The van der Waals surface area contributed by atoms with E-state index < -0.39 is 17.5 Å². The minimum absolute atomic E-state index is 0.0425. The first-order valence-corrected chi connectivity index (χ1v) is 3.73. The quantitative estimate of drug-likeness (QED) is 0.780. The number of hydrogen-bond donors (Lipinski definition) is 1. The molecule has 14 heavy (non-hydrogen) atoms. The largest absolute Gasteiger partial charge is 0.344 e. The zero-order valence-electron chi connectivity index (χ0n) is 7.01. The molecule has 5 heteroatoms. The molecule has 1 aromatic carbocycles. The van der Waals surface area contributed by atoms with E-state index in [1.165, 1.54) is 6.29 Å². The third kappa shape index (κ3) is 2.35. The van der Waals surface area contributed by atoms with E-state index in [0.29, 0.717) is 0 Å². The second kappa shape index (κ2) is 4.45. The molecule has 1 radical (unpaired) electrons. The van der Waals surface area contributed by atoms with Gasteiger partial charge in [-0.25, -0.2) is 8.78 Å². The maximum absolute atomic E-state index is 12.6. The van der Waals surface area contributed by atoms with Crippen LogP contribution in [0.4, 0.5) is 8.78 Å². The first-order valence-electron chi connectivity index (χ1n) is 3.73. The minimum atomic E-state index is -1.10. The summed E-state index contributed by atoms with van der Waals surface area (Å²) in [6.07, 6.45) is 1.44. The van der Waals surface area contributed by atoms with Gasteiger partial charge in [0.25, 0.3) is 5.91 Å². The van der Waals surface area contributed by atoms with Crippen molar-refractivity contribution in [1.82, 2.24) is 5.32 Å². The van der Waals surface area contributed by atoms with Crippen LogP contribution in [0.1, 0.15) is 10.4 Å². The lowest BCUT2D eigenvalue weighted by Gasteiger charge is -2.01. The molecule has 0 aliphatic heterocycles. The molecule has 1 N–H and O–H groups in total. The van der Waals surface area contributed by atoms with E-state index >= 15 is 0 Å².